The molecule has 0 spiro atoms. The van der Waals surface area contributed by atoms with Gasteiger partial charge in [-0.2, -0.15) is 0 Å². The molecule has 0 radical (unpaired) electrons. The molecule has 29 heavy (non-hydrogen) atoms. The molecule has 6 heteroatoms. The zero-order valence-electron chi connectivity index (χ0n) is 17.5. The second-order valence-electron chi connectivity index (χ2n) is 8.19. The fourth-order valence-electron chi connectivity index (χ4n) is 4.62. The molecule has 0 unspecified atom stereocenters. The van der Waals surface area contributed by atoms with E-state index >= 15 is 0 Å². The fraction of sp³-hybridized carbons (Fsp3) is 0.522. The van der Waals surface area contributed by atoms with E-state index in [1.807, 2.05) is 13.8 Å². The number of hydrogen-bond acceptors (Lipinski definition) is 4. The van der Waals surface area contributed by atoms with Crippen molar-refractivity contribution < 1.29 is 14.0 Å². The van der Waals surface area contributed by atoms with Gasteiger partial charge in [-0.05, 0) is 67.7 Å². The second-order valence-corrected chi connectivity index (χ2v) is 8.19. The van der Waals surface area contributed by atoms with Crippen molar-refractivity contribution in [3.63, 3.8) is 0 Å². The Kier molecular flexibility index (Phi) is 5.43. The lowest BCUT2D eigenvalue weighted by atomic mass is 9.93. The van der Waals surface area contributed by atoms with Gasteiger partial charge in [0.05, 0.1) is 0 Å². The van der Waals surface area contributed by atoms with Crippen molar-refractivity contribution in [3.05, 3.63) is 51.7 Å². The molecule has 0 saturated carbocycles. The number of oxazole rings is 1. The summed E-state index contributed by atoms with van der Waals surface area (Å²) in [6.45, 7) is 4.26. The normalized spacial score (nSPS) is 15.7. The zero-order chi connectivity index (χ0) is 20.5. The van der Waals surface area contributed by atoms with Gasteiger partial charge in [0.15, 0.2) is 12.1 Å². The topological polar surface area (TPSA) is 75.4 Å². The maximum atomic E-state index is 13.1. The summed E-state index contributed by atoms with van der Waals surface area (Å²) in [5.74, 6) is 0.414. The maximum absolute atomic E-state index is 13.1. The maximum Gasteiger partial charge on any atom is 0.276 e. The molecule has 1 N–H and O–H groups in total. The van der Waals surface area contributed by atoms with Gasteiger partial charge in [-0.3, -0.25) is 9.59 Å². The third-order valence-electron chi connectivity index (χ3n) is 6.40. The molecule has 1 atom stereocenters. The molecule has 6 nitrogen and oxygen atoms in total. The molecule has 0 aliphatic heterocycles. The van der Waals surface area contributed by atoms with E-state index in [-0.39, 0.29) is 17.9 Å². The van der Waals surface area contributed by atoms with E-state index in [2.05, 4.69) is 16.4 Å². The first kappa shape index (κ1) is 19.7. The van der Waals surface area contributed by atoms with Crippen LogP contribution in [0.3, 0.4) is 0 Å². The lowest BCUT2D eigenvalue weighted by Crippen LogP contribution is -2.43. The van der Waals surface area contributed by atoms with Crippen LogP contribution in [0.4, 0.5) is 0 Å². The minimum atomic E-state index is -0.182. The summed E-state index contributed by atoms with van der Waals surface area (Å²) >= 11 is 0. The Balaban J connectivity index is 1.46. The van der Waals surface area contributed by atoms with Crippen molar-refractivity contribution in [3.8, 4) is 0 Å². The average Bonchev–Trinajstić information content (AvgIpc) is 3.48. The van der Waals surface area contributed by atoms with Crippen LogP contribution >= 0.6 is 0 Å². The van der Waals surface area contributed by atoms with Crippen molar-refractivity contribution in [1.29, 1.82) is 0 Å². The van der Waals surface area contributed by atoms with Gasteiger partial charge < -0.3 is 14.6 Å². The summed E-state index contributed by atoms with van der Waals surface area (Å²) < 4.78 is 5.28. The number of rotatable bonds is 6. The van der Waals surface area contributed by atoms with Crippen LogP contribution in [-0.4, -0.2) is 41.3 Å². The number of carbonyl (C=O) groups excluding carboxylic acids is 2. The van der Waals surface area contributed by atoms with E-state index in [4.69, 9.17) is 4.42 Å². The number of hydrogen-bond donors (Lipinski definition) is 1. The van der Waals surface area contributed by atoms with Crippen molar-refractivity contribution in [2.45, 2.75) is 64.8 Å². The molecule has 4 rings (SSSR count). The smallest absolute Gasteiger partial charge is 0.276 e. The first-order chi connectivity index (χ1) is 14.0. The van der Waals surface area contributed by atoms with Crippen LogP contribution in [0.25, 0.3) is 0 Å². The lowest BCUT2D eigenvalue weighted by Gasteiger charge is -2.25. The Labute approximate surface area is 171 Å². The Hall–Kier alpha value is -2.63. The van der Waals surface area contributed by atoms with Gasteiger partial charge in [0.1, 0.15) is 5.76 Å². The van der Waals surface area contributed by atoms with Crippen molar-refractivity contribution in [2.24, 2.45) is 0 Å². The highest BCUT2D eigenvalue weighted by Gasteiger charge is 2.28. The molecular formula is C23H29N3O3. The van der Waals surface area contributed by atoms with E-state index in [9.17, 15) is 9.59 Å². The number of nitrogens with zero attached hydrogens (tertiary/aromatic N) is 2. The first-order valence-electron chi connectivity index (χ1n) is 10.7. The van der Waals surface area contributed by atoms with Gasteiger partial charge in [-0.25, -0.2) is 4.98 Å². The molecule has 2 aromatic rings. The van der Waals surface area contributed by atoms with Crippen molar-refractivity contribution >= 4 is 11.8 Å². The molecule has 2 aliphatic rings. The van der Waals surface area contributed by atoms with E-state index in [1.165, 1.54) is 28.6 Å². The van der Waals surface area contributed by atoms with E-state index in [0.29, 0.717) is 24.4 Å². The van der Waals surface area contributed by atoms with Crippen LogP contribution in [0, 0.1) is 0 Å². The molecular weight excluding hydrogens is 366 g/mol. The summed E-state index contributed by atoms with van der Waals surface area (Å²) in [6, 6.07) is 2.18. The quantitative estimate of drug-likeness (QED) is 0.815. The number of carbonyl (C=O) groups is 2. The first-order valence-corrected chi connectivity index (χ1v) is 10.7. The predicted octanol–water partition coefficient (Wildman–Crippen LogP) is 3.10. The van der Waals surface area contributed by atoms with Crippen LogP contribution < -0.4 is 5.32 Å². The summed E-state index contributed by atoms with van der Waals surface area (Å²) in [5.41, 5.74) is 6.47. The summed E-state index contributed by atoms with van der Waals surface area (Å²) in [4.78, 5) is 31.6. The highest BCUT2D eigenvalue weighted by molar-refractivity contribution is 5.98. The molecule has 1 aromatic carbocycles. The largest absolute Gasteiger partial charge is 0.448 e. The minimum Gasteiger partial charge on any atom is -0.448 e. The van der Waals surface area contributed by atoms with Gasteiger partial charge >= 0.3 is 0 Å². The molecule has 2 amide bonds. The monoisotopic (exact) mass is 395 g/mol. The van der Waals surface area contributed by atoms with Crippen molar-refractivity contribution in [2.75, 3.05) is 13.6 Å². The number of amides is 2. The highest BCUT2D eigenvalue weighted by Crippen LogP contribution is 2.35. The Morgan fingerprint density at radius 2 is 1.83 bits per heavy atom. The van der Waals surface area contributed by atoms with Crippen LogP contribution in [-0.2, 0) is 32.1 Å². The lowest BCUT2D eigenvalue weighted by molar-refractivity contribution is 0.0724. The molecule has 2 aliphatic carbocycles. The van der Waals surface area contributed by atoms with Crippen LogP contribution in [0.1, 0.15) is 75.5 Å². The third-order valence-corrected chi connectivity index (χ3v) is 6.40. The van der Waals surface area contributed by atoms with Crippen LogP contribution in [0.15, 0.2) is 16.9 Å². The standard InChI is InChI=1S/C23H29N3O3/c1-4-19-21(25-13-29-19)23(28)26(3)14(2)12-24-22(27)20-17-9-5-7-15(17)11-16-8-6-10-18(16)20/h11,13-14H,4-10,12H2,1-3H3,(H,24,27)/t14-/m0/s1. The van der Waals surface area contributed by atoms with Crippen LogP contribution in [0.5, 0.6) is 0 Å². The van der Waals surface area contributed by atoms with Gasteiger partial charge in [0.2, 0.25) is 0 Å². The average molecular weight is 396 g/mol. The van der Waals surface area contributed by atoms with Gasteiger partial charge in [0.25, 0.3) is 11.8 Å². The van der Waals surface area contributed by atoms with Gasteiger partial charge in [-0.1, -0.05) is 13.0 Å². The van der Waals surface area contributed by atoms with E-state index in [0.717, 1.165) is 44.1 Å². The SMILES string of the molecule is CCc1ocnc1C(=O)N(C)[C@@H](C)CNC(=O)c1c2c(cc3c1CCC3)CCC2. The van der Waals surface area contributed by atoms with Gasteiger partial charge in [0, 0.05) is 31.6 Å². The minimum absolute atomic E-state index is 0.00489. The van der Waals surface area contributed by atoms with Crippen LogP contribution in [0.2, 0.25) is 0 Å². The zero-order valence-corrected chi connectivity index (χ0v) is 17.5. The summed E-state index contributed by atoms with van der Waals surface area (Å²) in [7, 11) is 1.74. The number of aryl methyl sites for hydroxylation is 3. The number of aromatic nitrogens is 1. The number of fused-ring (bicyclic) bond motifs is 2. The molecule has 1 heterocycles. The molecule has 0 bridgehead atoms. The molecule has 0 saturated heterocycles. The highest BCUT2D eigenvalue weighted by atomic mass is 16.3. The second kappa shape index (κ2) is 8.01. The number of likely N-dealkylation sites (N-methyl/N-ethyl adjacent to an activating group) is 1. The molecule has 0 fully saturated rings. The Morgan fingerprint density at radius 3 is 2.45 bits per heavy atom. The Bertz CT molecular complexity index is 915. The Morgan fingerprint density at radius 1 is 1.17 bits per heavy atom. The van der Waals surface area contributed by atoms with E-state index in [1.54, 1.807) is 11.9 Å². The summed E-state index contributed by atoms with van der Waals surface area (Å²) in [6.07, 6.45) is 8.32. The molecule has 154 valence electrons. The van der Waals surface area contributed by atoms with Crippen molar-refractivity contribution in [1.82, 2.24) is 15.2 Å². The molecule has 1 aromatic heterocycles. The van der Waals surface area contributed by atoms with Gasteiger partial charge in [-0.15, -0.1) is 0 Å². The van der Waals surface area contributed by atoms with E-state index < -0.39 is 0 Å². The number of benzene rings is 1. The predicted molar refractivity (Wildman–Crippen MR) is 110 cm³/mol. The fourth-order valence-corrected chi connectivity index (χ4v) is 4.62. The number of nitrogens with one attached hydrogen (secondary N) is 1. The summed E-state index contributed by atoms with van der Waals surface area (Å²) in [5, 5.41) is 3.09. The third kappa shape index (κ3) is 3.56.